The first kappa shape index (κ1) is 24.5. The van der Waals surface area contributed by atoms with Crippen LogP contribution in [0, 0.1) is 23.6 Å². The van der Waals surface area contributed by atoms with Crippen LogP contribution in [0.2, 0.25) is 0 Å². The number of hydrogen-bond acceptors (Lipinski definition) is 0. The summed E-state index contributed by atoms with van der Waals surface area (Å²) in [5.41, 5.74) is 3.64. The molecule has 1 unspecified atom stereocenters. The molecule has 0 heterocycles. The summed E-state index contributed by atoms with van der Waals surface area (Å²) in [5.74, 6) is 2.96. The third-order valence-electron chi connectivity index (χ3n) is 8.15. The minimum absolute atomic E-state index is 0.00738. The molecule has 0 radical (unpaired) electrons. The van der Waals surface area contributed by atoms with E-state index in [0.717, 1.165) is 54.6 Å². The molecule has 0 saturated heterocycles. The molecule has 2 aliphatic rings. The number of rotatable bonds is 12. The third-order valence-corrected chi connectivity index (χ3v) is 8.15. The van der Waals surface area contributed by atoms with Gasteiger partial charge in [-0.25, -0.2) is 4.39 Å². The molecule has 174 valence electrons. The molecule has 3 rings (SSSR count). The SMILES string of the molecule is CCCCCC1CCC(CCC2CC=C(CCc3ccc(CCC)c(F)c3)CC2)CC1. The van der Waals surface area contributed by atoms with Crippen molar-refractivity contribution in [2.75, 3.05) is 0 Å². The minimum atomic E-state index is -0.00738. The van der Waals surface area contributed by atoms with Crippen molar-refractivity contribution in [2.45, 2.75) is 123 Å². The topological polar surface area (TPSA) is 0 Å². The molecular formula is C30H47F. The highest BCUT2D eigenvalue weighted by Gasteiger charge is 2.22. The number of unbranched alkanes of at least 4 members (excludes halogenated alkanes) is 2. The van der Waals surface area contributed by atoms with Crippen LogP contribution in [0.3, 0.4) is 0 Å². The van der Waals surface area contributed by atoms with Crippen molar-refractivity contribution in [3.63, 3.8) is 0 Å². The van der Waals surface area contributed by atoms with Crippen molar-refractivity contribution < 1.29 is 4.39 Å². The Bertz CT molecular complexity index is 665. The lowest BCUT2D eigenvalue weighted by Crippen LogP contribution is -2.16. The van der Waals surface area contributed by atoms with Crippen LogP contribution in [0.5, 0.6) is 0 Å². The molecule has 0 spiro atoms. The largest absolute Gasteiger partial charge is 0.207 e. The fourth-order valence-electron chi connectivity index (χ4n) is 5.92. The van der Waals surface area contributed by atoms with E-state index in [1.165, 1.54) is 83.5 Å². The zero-order valence-corrected chi connectivity index (χ0v) is 20.4. The Morgan fingerprint density at radius 3 is 2.16 bits per heavy atom. The summed E-state index contributed by atoms with van der Waals surface area (Å²) >= 11 is 0. The standard InChI is InChI=1S/C30H47F/c1-3-5-6-8-24-9-11-25(12-10-24)13-14-26-15-17-27(18-16-26)19-20-28-21-22-29(7-4-2)30(31)23-28/h17,21-26H,3-16,18-20H2,1-2H3. The number of hydrogen-bond donors (Lipinski definition) is 0. The fraction of sp³-hybridized carbons (Fsp3) is 0.733. The van der Waals surface area contributed by atoms with Gasteiger partial charge in [0.1, 0.15) is 5.82 Å². The summed E-state index contributed by atoms with van der Waals surface area (Å²) in [6, 6.07) is 5.91. The van der Waals surface area contributed by atoms with E-state index in [1.54, 1.807) is 11.6 Å². The van der Waals surface area contributed by atoms with Crippen molar-refractivity contribution in [1.82, 2.24) is 0 Å². The molecule has 1 heteroatoms. The number of benzene rings is 1. The molecule has 1 aromatic carbocycles. The van der Waals surface area contributed by atoms with Crippen LogP contribution in [-0.4, -0.2) is 0 Å². The van der Waals surface area contributed by atoms with Crippen LogP contribution < -0.4 is 0 Å². The van der Waals surface area contributed by atoms with Gasteiger partial charge in [0.25, 0.3) is 0 Å². The lowest BCUT2D eigenvalue weighted by Gasteiger charge is -2.30. The van der Waals surface area contributed by atoms with Gasteiger partial charge in [-0.05, 0) is 79.9 Å². The highest BCUT2D eigenvalue weighted by molar-refractivity contribution is 5.25. The second-order valence-corrected chi connectivity index (χ2v) is 10.6. The monoisotopic (exact) mass is 426 g/mol. The Morgan fingerprint density at radius 2 is 1.52 bits per heavy atom. The average molecular weight is 427 g/mol. The Morgan fingerprint density at radius 1 is 0.774 bits per heavy atom. The maximum absolute atomic E-state index is 14.2. The fourth-order valence-corrected chi connectivity index (χ4v) is 5.92. The van der Waals surface area contributed by atoms with E-state index in [-0.39, 0.29) is 5.82 Å². The van der Waals surface area contributed by atoms with Crippen LogP contribution in [0.1, 0.15) is 121 Å². The van der Waals surface area contributed by atoms with Gasteiger partial charge in [-0.1, -0.05) is 102 Å². The van der Waals surface area contributed by atoms with Crippen molar-refractivity contribution in [1.29, 1.82) is 0 Å². The number of halogens is 1. The molecule has 1 fully saturated rings. The Balaban J connectivity index is 1.31. The zero-order chi connectivity index (χ0) is 21.9. The minimum Gasteiger partial charge on any atom is -0.207 e. The first-order chi connectivity index (χ1) is 15.2. The lowest BCUT2D eigenvalue weighted by atomic mass is 9.76. The third kappa shape index (κ3) is 8.39. The van der Waals surface area contributed by atoms with Gasteiger partial charge in [0, 0.05) is 0 Å². The van der Waals surface area contributed by atoms with Crippen LogP contribution in [0.4, 0.5) is 4.39 Å². The Hall–Kier alpha value is -1.11. The lowest BCUT2D eigenvalue weighted by molar-refractivity contribution is 0.234. The second-order valence-electron chi connectivity index (χ2n) is 10.6. The molecule has 0 aliphatic heterocycles. The molecule has 1 atom stereocenters. The number of aryl methyl sites for hydroxylation is 2. The summed E-state index contributed by atoms with van der Waals surface area (Å²) < 4.78 is 14.2. The van der Waals surface area contributed by atoms with Crippen molar-refractivity contribution >= 4 is 0 Å². The van der Waals surface area contributed by atoms with Crippen LogP contribution >= 0.6 is 0 Å². The molecule has 0 bridgehead atoms. The molecule has 31 heavy (non-hydrogen) atoms. The highest BCUT2D eigenvalue weighted by atomic mass is 19.1. The van der Waals surface area contributed by atoms with E-state index in [0.29, 0.717) is 0 Å². The van der Waals surface area contributed by atoms with E-state index in [2.05, 4.69) is 26.0 Å². The molecule has 0 nitrogen and oxygen atoms in total. The smallest absolute Gasteiger partial charge is 0.126 e. The van der Waals surface area contributed by atoms with E-state index < -0.39 is 0 Å². The summed E-state index contributed by atoms with van der Waals surface area (Å²) in [6.45, 7) is 4.42. The van der Waals surface area contributed by atoms with Gasteiger partial charge in [0.05, 0.1) is 0 Å². The van der Waals surface area contributed by atoms with Crippen molar-refractivity contribution in [3.05, 3.63) is 46.8 Å². The van der Waals surface area contributed by atoms with Gasteiger partial charge < -0.3 is 0 Å². The van der Waals surface area contributed by atoms with Gasteiger partial charge in [-0.15, -0.1) is 0 Å². The van der Waals surface area contributed by atoms with Gasteiger partial charge in [-0.3, -0.25) is 0 Å². The van der Waals surface area contributed by atoms with Crippen molar-refractivity contribution in [2.24, 2.45) is 17.8 Å². The molecular weight excluding hydrogens is 379 g/mol. The van der Waals surface area contributed by atoms with Crippen molar-refractivity contribution in [3.8, 4) is 0 Å². The summed E-state index contributed by atoms with van der Waals surface area (Å²) in [7, 11) is 0. The molecule has 1 aromatic rings. The van der Waals surface area contributed by atoms with Crippen LogP contribution in [-0.2, 0) is 12.8 Å². The quantitative estimate of drug-likeness (QED) is 0.230. The Labute approximate surface area is 192 Å². The van der Waals surface area contributed by atoms with E-state index in [9.17, 15) is 4.39 Å². The van der Waals surface area contributed by atoms with Gasteiger partial charge >= 0.3 is 0 Å². The second kappa shape index (κ2) is 13.4. The highest BCUT2D eigenvalue weighted by Crippen LogP contribution is 2.37. The molecule has 0 N–H and O–H groups in total. The van der Waals surface area contributed by atoms with Crippen LogP contribution in [0.25, 0.3) is 0 Å². The van der Waals surface area contributed by atoms with Crippen LogP contribution in [0.15, 0.2) is 29.8 Å². The number of allylic oxidation sites excluding steroid dienone is 2. The van der Waals surface area contributed by atoms with Gasteiger partial charge in [0.15, 0.2) is 0 Å². The van der Waals surface area contributed by atoms with Gasteiger partial charge in [0.2, 0.25) is 0 Å². The molecule has 0 amide bonds. The first-order valence-electron chi connectivity index (χ1n) is 13.6. The molecule has 2 aliphatic carbocycles. The van der Waals surface area contributed by atoms with Gasteiger partial charge in [-0.2, -0.15) is 0 Å². The summed E-state index contributed by atoms with van der Waals surface area (Å²) in [4.78, 5) is 0. The maximum atomic E-state index is 14.2. The average Bonchev–Trinajstić information content (AvgIpc) is 2.80. The zero-order valence-electron chi connectivity index (χ0n) is 20.4. The predicted octanol–water partition coefficient (Wildman–Crippen LogP) is 9.60. The van der Waals surface area contributed by atoms with E-state index in [4.69, 9.17) is 0 Å². The Kier molecular flexibility index (Phi) is 10.6. The summed E-state index contributed by atoms with van der Waals surface area (Å²) in [6.07, 6.45) is 25.1. The molecule has 0 aromatic heterocycles. The maximum Gasteiger partial charge on any atom is 0.126 e. The normalized spacial score (nSPS) is 24.2. The first-order valence-corrected chi connectivity index (χ1v) is 13.6. The predicted molar refractivity (Wildman–Crippen MR) is 133 cm³/mol. The van der Waals surface area contributed by atoms with E-state index >= 15 is 0 Å². The molecule has 1 saturated carbocycles. The van der Waals surface area contributed by atoms with E-state index in [1.807, 2.05) is 6.07 Å². The summed E-state index contributed by atoms with van der Waals surface area (Å²) in [5, 5.41) is 0.